The molecule has 0 saturated carbocycles. The number of hydrogen-bond acceptors (Lipinski definition) is 4. The van der Waals surface area contributed by atoms with Gasteiger partial charge in [0.1, 0.15) is 5.75 Å². The van der Waals surface area contributed by atoms with Crippen LogP contribution in [-0.4, -0.2) is 6.61 Å². The van der Waals surface area contributed by atoms with E-state index in [1.54, 1.807) is 24.3 Å². The zero-order valence-corrected chi connectivity index (χ0v) is 14.8. The molecule has 0 fully saturated rings. The average Bonchev–Trinajstić information content (AvgIpc) is 2.67. The molecular weight excluding hydrogens is 310 g/mol. The fourth-order valence-corrected chi connectivity index (χ4v) is 2.40. The van der Waals surface area contributed by atoms with Crippen molar-refractivity contribution in [1.29, 1.82) is 5.26 Å². The van der Waals surface area contributed by atoms with Gasteiger partial charge in [0, 0.05) is 0 Å². The second-order valence-electron chi connectivity index (χ2n) is 5.97. The number of azo groups is 1. The molecule has 2 rings (SSSR count). The van der Waals surface area contributed by atoms with Gasteiger partial charge in [-0.25, -0.2) is 0 Å². The standard InChI is InChI=1S/C21H25N3O/c1-2-3-4-5-6-7-16-25-21-14-12-20(13-15-21)24-23-19-10-8-18(17-22)9-11-19/h8-15H,2-7,16H2,1H3. The van der Waals surface area contributed by atoms with E-state index in [2.05, 4.69) is 23.2 Å². The summed E-state index contributed by atoms with van der Waals surface area (Å²) in [6, 6.07) is 16.7. The van der Waals surface area contributed by atoms with E-state index >= 15 is 0 Å². The summed E-state index contributed by atoms with van der Waals surface area (Å²) in [5, 5.41) is 17.1. The van der Waals surface area contributed by atoms with Gasteiger partial charge >= 0.3 is 0 Å². The third-order valence-electron chi connectivity index (χ3n) is 3.88. The molecule has 4 heteroatoms. The highest BCUT2D eigenvalue weighted by Crippen LogP contribution is 2.21. The van der Waals surface area contributed by atoms with E-state index in [0.29, 0.717) is 5.56 Å². The number of ether oxygens (including phenoxy) is 1. The van der Waals surface area contributed by atoms with Crippen LogP contribution < -0.4 is 4.74 Å². The van der Waals surface area contributed by atoms with Gasteiger partial charge < -0.3 is 4.74 Å². The van der Waals surface area contributed by atoms with Crippen molar-refractivity contribution in [3.63, 3.8) is 0 Å². The topological polar surface area (TPSA) is 57.7 Å². The van der Waals surface area contributed by atoms with Crippen molar-refractivity contribution < 1.29 is 4.74 Å². The Morgan fingerprint density at radius 1 is 0.800 bits per heavy atom. The quantitative estimate of drug-likeness (QED) is 0.358. The SMILES string of the molecule is CCCCCCCCOc1ccc(N=Nc2ccc(C#N)cc2)cc1. The third-order valence-corrected chi connectivity index (χ3v) is 3.88. The summed E-state index contributed by atoms with van der Waals surface area (Å²) in [5.41, 5.74) is 2.12. The van der Waals surface area contributed by atoms with Gasteiger partial charge in [0.05, 0.1) is 29.6 Å². The number of unbranched alkanes of at least 4 members (excludes halogenated alkanes) is 5. The lowest BCUT2D eigenvalue weighted by Gasteiger charge is -2.06. The van der Waals surface area contributed by atoms with Crippen molar-refractivity contribution in [2.45, 2.75) is 45.4 Å². The van der Waals surface area contributed by atoms with Gasteiger partial charge in [-0.3, -0.25) is 0 Å². The predicted molar refractivity (Wildman–Crippen MR) is 101 cm³/mol. The molecule has 0 unspecified atom stereocenters. The summed E-state index contributed by atoms with van der Waals surface area (Å²) in [4.78, 5) is 0. The molecule has 0 N–H and O–H groups in total. The molecule has 0 aliphatic carbocycles. The number of hydrogen-bond donors (Lipinski definition) is 0. The van der Waals surface area contributed by atoms with E-state index < -0.39 is 0 Å². The Labute approximate surface area is 150 Å². The van der Waals surface area contributed by atoms with E-state index in [4.69, 9.17) is 10.00 Å². The van der Waals surface area contributed by atoms with Gasteiger partial charge in [-0.05, 0) is 55.0 Å². The lowest BCUT2D eigenvalue weighted by Crippen LogP contribution is -1.96. The van der Waals surface area contributed by atoms with Crippen LogP contribution in [0.1, 0.15) is 51.0 Å². The maximum atomic E-state index is 8.77. The summed E-state index contributed by atoms with van der Waals surface area (Å²) < 4.78 is 5.75. The maximum Gasteiger partial charge on any atom is 0.119 e. The first-order chi connectivity index (χ1) is 12.3. The highest BCUT2D eigenvalue weighted by atomic mass is 16.5. The van der Waals surface area contributed by atoms with Crippen molar-refractivity contribution in [2.75, 3.05) is 6.61 Å². The minimum absolute atomic E-state index is 0.616. The summed E-state index contributed by atoms with van der Waals surface area (Å²) in [6.07, 6.45) is 7.58. The van der Waals surface area contributed by atoms with Gasteiger partial charge in [-0.2, -0.15) is 15.5 Å². The number of benzene rings is 2. The number of nitrogens with zero attached hydrogens (tertiary/aromatic N) is 3. The molecule has 0 bridgehead atoms. The molecule has 0 saturated heterocycles. The van der Waals surface area contributed by atoms with Crippen molar-refractivity contribution in [1.82, 2.24) is 0 Å². The minimum atomic E-state index is 0.616. The van der Waals surface area contributed by atoms with Crippen molar-refractivity contribution in [3.8, 4) is 11.8 Å². The Kier molecular flexibility index (Phi) is 8.20. The second-order valence-corrected chi connectivity index (χ2v) is 5.97. The molecule has 2 aromatic carbocycles. The molecule has 0 spiro atoms. The minimum Gasteiger partial charge on any atom is -0.494 e. The molecule has 0 amide bonds. The van der Waals surface area contributed by atoms with Crippen LogP contribution >= 0.6 is 0 Å². The molecule has 2 aromatic rings. The molecule has 25 heavy (non-hydrogen) atoms. The molecule has 130 valence electrons. The Morgan fingerprint density at radius 2 is 1.36 bits per heavy atom. The van der Waals surface area contributed by atoms with Crippen molar-refractivity contribution >= 4 is 11.4 Å². The first kappa shape index (κ1) is 18.7. The zero-order chi connectivity index (χ0) is 17.7. The Hall–Kier alpha value is -2.67. The molecule has 0 aromatic heterocycles. The average molecular weight is 335 g/mol. The Balaban J connectivity index is 1.73. The second kappa shape index (κ2) is 11.0. The van der Waals surface area contributed by atoms with Crippen LogP contribution in [0.4, 0.5) is 11.4 Å². The molecule has 0 aliphatic rings. The highest BCUT2D eigenvalue weighted by Gasteiger charge is 1.96. The van der Waals surface area contributed by atoms with Gasteiger partial charge in [-0.15, -0.1) is 0 Å². The van der Waals surface area contributed by atoms with Gasteiger partial charge in [0.15, 0.2) is 0 Å². The van der Waals surface area contributed by atoms with E-state index in [9.17, 15) is 0 Å². The fraction of sp³-hybridized carbons (Fsp3) is 0.381. The Morgan fingerprint density at radius 3 is 1.96 bits per heavy atom. The van der Waals surface area contributed by atoms with E-state index in [0.717, 1.165) is 30.2 Å². The molecular formula is C21H25N3O. The van der Waals surface area contributed by atoms with Gasteiger partial charge in [-0.1, -0.05) is 39.0 Å². The van der Waals surface area contributed by atoms with Crippen molar-refractivity contribution in [2.24, 2.45) is 10.2 Å². The van der Waals surface area contributed by atoms with E-state index in [-0.39, 0.29) is 0 Å². The molecule has 0 atom stereocenters. The molecule has 0 heterocycles. The summed E-state index contributed by atoms with van der Waals surface area (Å²) >= 11 is 0. The van der Waals surface area contributed by atoms with Gasteiger partial charge in [0.2, 0.25) is 0 Å². The van der Waals surface area contributed by atoms with Crippen LogP contribution in [0.15, 0.2) is 58.8 Å². The first-order valence-corrected chi connectivity index (χ1v) is 8.96. The van der Waals surface area contributed by atoms with Crippen LogP contribution in [0.5, 0.6) is 5.75 Å². The van der Waals surface area contributed by atoms with Crippen LogP contribution in [0.3, 0.4) is 0 Å². The largest absolute Gasteiger partial charge is 0.494 e. The van der Waals surface area contributed by atoms with E-state index in [1.165, 1.54) is 32.1 Å². The first-order valence-electron chi connectivity index (χ1n) is 8.96. The number of rotatable bonds is 10. The maximum absolute atomic E-state index is 8.77. The monoisotopic (exact) mass is 335 g/mol. The lowest BCUT2D eigenvalue weighted by atomic mass is 10.1. The van der Waals surface area contributed by atoms with Crippen LogP contribution in [0.2, 0.25) is 0 Å². The van der Waals surface area contributed by atoms with Crippen LogP contribution in [0.25, 0.3) is 0 Å². The predicted octanol–water partition coefficient (Wildman–Crippen LogP) is 6.71. The molecule has 0 aliphatic heterocycles. The Bertz CT molecular complexity index is 685. The summed E-state index contributed by atoms with van der Waals surface area (Å²) in [5.74, 6) is 0.867. The smallest absolute Gasteiger partial charge is 0.119 e. The summed E-state index contributed by atoms with van der Waals surface area (Å²) in [6.45, 7) is 2.99. The number of nitriles is 1. The van der Waals surface area contributed by atoms with Crippen LogP contribution in [0, 0.1) is 11.3 Å². The zero-order valence-electron chi connectivity index (χ0n) is 14.8. The molecule has 4 nitrogen and oxygen atoms in total. The third kappa shape index (κ3) is 7.17. The normalized spacial score (nSPS) is 10.7. The highest BCUT2D eigenvalue weighted by molar-refractivity contribution is 5.44. The van der Waals surface area contributed by atoms with E-state index in [1.807, 2.05) is 24.3 Å². The van der Waals surface area contributed by atoms with Gasteiger partial charge in [0.25, 0.3) is 0 Å². The molecule has 0 radical (unpaired) electrons. The van der Waals surface area contributed by atoms with Crippen LogP contribution in [-0.2, 0) is 0 Å². The summed E-state index contributed by atoms with van der Waals surface area (Å²) in [7, 11) is 0. The van der Waals surface area contributed by atoms with Crippen molar-refractivity contribution in [3.05, 3.63) is 54.1 Å². The fourth-order valence-electron chi connectivity index (χ4n) is 2.40. The lowest BCUT2D eigenvalue weighted by molar-refractivity contribution is 0.304.